The van der Waals surface area contributed by atoms with Gasteiger partial charge in [0.05, 0.1) is 25.9 Å². The second-order valence-electron chi connectivity index (χ2n) is 4.82. The number of rotatable bonds is 2. The molecule has 2 atom stereocenters. The lowest BCUT2D eigenvalue weighted by atomic mass is 10.00. The molecule has 0 bridgehead atoms. The summed E-state index contributed by atoms with van der Waals surface area (Å²) in [5.41, 5.74) is 1.05. The topological polar surface area (TPSA) is 59.6 Å². The van der Waals surface area contributed by atoms with Gasteiger partial charge in [-0.25, -0.2) is 0 Å². The number of benzene rings is 1. The quantitative estimate of drug-likeness (QED) is 0.820. The molecule has 5 nitrogen and oxygen atoms in total. The van der Waals surface area contributed by atoms with Gasteiger partial charge in [0.25, 0.3) is 0 Å². The van der Waals surface area contributed by atoms with Crippen molar-refractivity contribution < 1.29 is 14.3 Å². The first-order valence-electron chi connectivity index (χ1n) is 6.68. The highest BCUT2D eigenvalue weighted by Gasteiger charge is 2.27. The SMILES string of the molecule is O=C(N[C@H]1CCOc2ccccc21)[C@H]1COCCN1. The molecule has 2 aliphatic rings. The zero-order valence-electron chi connectivity index (χ0n) is 10.7. The minimum Gasteiger partial charge on any atom is -0.493 e. The van der Waals surface area contributed by atoms with Crippen molar-refractivity contribution in [1.82, 2.24) is 10.6 Å². The van der Waals surface area contributed by atoms with Crippen molar-refractivity contribution in [1.29, 1.82) is 0 Å². The van der Waals surface area contributed by atoms with Crippen molar-refractivity contribution in [3.8, 4) is 5.75 Å². The predicted molar refractivity (Wildman–Crippen MR) is 70.0 cm³/mol. The first-order chi connectivity index (χ1) is 9.34. The Hall–Kier alpha value is -1.59. The van der Waals surface area contributed by atoms with E-state index >= 15 is 0 Å². The van der Waals surface area contributed by atoms with Gasteiger partial charge in [-0.15, -0.1) is 0 Å². The molecule has 0 spiro atoms. The molecule has 1 saturated heterocycles. The van der Waals surface area contributed by atoms with E-state index in [0.717, 1.165) is 24.3 Å². The first-order valence-corrected chi connectivity index (χ1v) is 6.68. The van der Waals surface area contributed by atoms with Crippen LogP contribution in [0.1, 0.15) is 18.0 Å². The second-order valence-corrected chi connectivity index (χ2v) is 4.82. The molecule has 0 unspecified atom stereocenters. The summed E-state index contributed by atoms with van der Waals surface area (Å²) in [6.07, 6.45) is 0.802. The third kappa shape index (κ3) is 2.72. The standard InChI is InChI=1S/C14H18N2O3/c17-14(12-9-18-8-6-15-12)16-11-5-7-19-13-4-2-1-3-10(11)13/h1-4,11-12,15H,5-9H2,(H,16,17)/t11-,12+/m0/s1. The molecule has 5 heteroatoms. The third-order valence-corrected chi connectivity index (χ3v) is 3.51. The Labute approximate surface area is 112 Å². The lowest BCUT2D eigenvalue weighted by Gasteiger charge is -2.29. The zero-order chi connectivity index (χ0) is 13.1. The molecule has 19 heavy (non-hydrogen) atoms. The summed E-state index contributed by atoms with van der Waals surface area (Å²) in [5.74, 6) is 0.869. The summed E-state index contributed by atoms with van der Waals surface area (Å²) in [4.78, 5) is 12.2. The molecule has 2 aliphatic heterocycles. The Balaban J connectivity index is 1.68. The number of fused-ring (bicyclic) bond motifs is 1. The van der Waals surface area contributed by atoms with Crippen molar-refractivity contribution in [2.24, 2.45) is 0 Å². The molecule has 0 saturated carbocycles. The van der Waals surface area contributed by atoms with Crippen LogP contribution in [-0.2, 0) is 9.53 Å². The Morgan fingerprint density at radius 3 is 3.05 bits per heavy atom. The molecule has 3 rings (SSSR count). The smallest absolute Gasteiger partial charge is 0.240 e. The molecule has 1 aromatic rings. The van der Waals surface area contributed by atoms with Crippen LogP contribution in [0, 0.1) is 0 Å². The number of carbonyl (C=O) groups is 1. The largest absolute Gasteiger partial charge is 0.493 e. The highest BCUT2D eigenvalue weighted by molar-refractivity contribution is 5.82. The highest BCUT2D eigenvalue weighted by atomic mass is 16.5. The Morgan fingerprint density at radius 1 is 1.32 bits per heavy atom. The molecule has 1 fully saturated rings. The van der Waals surface area contributed by atoms with Crippen LogP contribution < -0.4 is 15.4 Å². The van der Waals surface area contributed by atoms with Crippen LogP contribution in [0.3, 0.4) is 0 Å². The van der Waals surface area contributed by atoms with Crippen LogP contribution in [0.15, 0.2) is 24.3 Å². The minimum atomic E-state index is -0.247. The number of nitrogens with one attached hydrogen (secondary N) is 2. The molecule has 1 aromatic carbocycles. The Morgan fingerprint density at radius 2 is 2.21 bits per heavy atom. The van der Waals surface area contributed by atoms with E-state index in [2.05, 4.69) is 10.6 Å². The number of ether oxygens (including phenoxy) is 2. The van der Waals surface area contributed by atoms with Crippen LogP contribution in [0.2, 0.25) is 0 Å². The number of hydrogen-bond donors (Lipinski definition) is 2. The van der Waals surface area contributed by atoms with Crippen molar-refractivity contribution in [3.63, 3.8) is 0 Å². The lowest BCUT2D eigenvalue weighted by molar-refractivity contribution is -0.126. The fourth-order valence-corrected chi connectivity index (χ4v) is 2.50. The van der Waals surface area contributed by atoms with Gasteiger partial charge in [0, 0.05) is 18.5 Å². The number of amides is 1. The number of carbonyl (C=O) groups excluding carboxylic acids is 1. The van der Waals surface area contributed by atoms with Gasteiger partial charge in [-0.3, -0.25) is 4.79 Å². The maximum Gasteiger partial charge on any atom is 0.240 e. The van der Waals surface area contributed by atoms with Gasteiger partial charge < -0.3 is 20.1 Å². The van der Waals surface area contributed by atoms with E-state index in [1.165, 1.54) is 0 Å². The molecule has 1 amide bonds. The summed E-state index contributed by atoms with van der Waals surface area (Å²) in [6, 6.07) is 7.64. The van der Waals surface area contributed by atoms with E-state index in [9.17, 15) is 4.79 Å². The van der Waals surface area contributed by atoms with Gasteiger partial charge in [0.15, 0.2) is 0 Å². The molecule has 2 N–H and O–H groups in total. The molecular weight excluding hydrogens is 244 g/mol. The van der Waals surface area contributed by atoms with Crippen molar-refractivity contribution in [2.75, 3.05) is 26.4 Å². The van der Waals surface area contributed by atoms with Crippen LogP contribution in [-0.4, -0.2) is 38.3 Å². The highest BCUT2D eigenvalue weighted by Crippen LogP contribution is 2.31. The molecular formula is C14H18N2O3. The first kappa shape index (κ1) is 12.4. The average molecular weight is 262 g/mol. The van der Waals surface area contributed by atoms with Gasteiger partial charge in [-0.05, 0) is 6.07 Å². The maximum absolute atomic E-state index is 12.2. The summed E-state index contributed by atoms with van der Waals surface area (Å²) >= 11 is 0. The third-order valence-electron chi connectivity index (χ3n) is 3.51. The maximum atomic E-state index is 12.2. The lowest BCUT2D eigenvalue weighted by Crippen LogP contribution is -2.52. The van der Waals surface area contributed by atoms with E-state index < -0.39 is 0 Å². The molecule has 0 aliphatic carbocycles. The number of morpholine rings is 1. The minimum absolute atomic E-state index is 0.00130. The second kappa shape index (κ2) is 5.59. The molecule has 2 heterocycles. The van der Waals surface area contributed by atoms with Gasteiger partial charge in [0.2, 0.25) is 5.91 Å². The van der Waals surface area contributed by atoms with Crippen molar-refractivity contribution in [2.45, 2.75) is 18.5 Å². The van der Waals surface area contributed by atoms with Crippen molar-refractivity contribution >= 4 is 5.91 Å². The van der Waals surface area contributed by atoms with Crippen LogP contribution in [0.4, 0.5) is 0 Å². The number of hydrogen-bond acceptors (Lipinski definition) is 4. The normalized spacial score (nSPS) is 26.1. The van der Waals surface area contributed by atoms with E-state index in [1.807, 2.05) is 24.3 Å². The number of para-hydroxylation sites is 1. The van der Waals surface area contributed by atoms with Gasteiger partial charge >= 0.3 is 0 Å². The predicted octanol–water partition coefficient (Wildman–Crippen LogP) is 0.615. The van der Waals surface area contributed by atoms with E-state index in [4.69, 9.17) is 9.47 Å². The Bertz CT molecular complexity index is 458. The van der Waals surface area contributed by atoms with Crippen LogP contribution >= 0.6 is 0 Å². The fourth-order valence-electron chi connectivity index (χ4n) is 2.50. The summed E-state index contributed by atoms with van der Waals surface area (Å²) in [5, 5.41) is 6.25. The van der Waals surface area contributed by atoms with Crippen LogP contribution in [0.25, 0.3) is 0 Å². The summed E-state index contributed by atoms with van der Waals surface area (Å²) in [7, 11) is 0. The van der Waals surface area contributed by atoms with Crippen molar-refractivity contribution in [3.05, 3.63) is 29.8 Å². The molecule has 0 radical (unpaired) electrons. The van der Waals surface area contributed by atoms with Gasteiger partial charge in [0.1, 0.15) is 11.8 Å². The van der Waals surface area contributed by atoms with E-state index in [-0.39, 0.29) is 18.0 Å². The van der Waals surface area contributed by atoms with E-state index in [0.29, 0.717) is 19.8 Å². The van der Waals surface area contributed by atoms with E-state index in [1.54, 1.807) is 0 Å². The molecule has 102 valence electrons. The van der Waals surface area contributed by atoms with Gasteiger partial charge in [-0.2, -0.15) is 0 Å². The van der Waals surface area contributed by atoms with Crippen LogP contribution in [0.5, 0.6) is 5.75 Å². The monoisotopic (exact) mass is 262 g/mol. The fraction of sp³-hybridized carbons (Fsp3) is 0.500. The van der Waals surface area contributed by atoms with Gasteiger partial charge in [-0.1, -0.05) is 18.2 Å². The average Bonchev–Trinajstić information content (AvgIpc) is 2.48. The molecule has 0 aromatic heterocycles. The summed E-state index contributed by atoms with van der Waals surface area (Å²) in [6.45, 7) is 2.47. The Kier molecular flexibility index (Phi) is 3.66. The summed E-state index contributed by atoms with van der Waals surface area (Å²) < 4.78 is 10.9. The zero-order valence-corrected chi connectivity index (χ0v) is 10.7.